The summed E-state index contributed by atoms with van der Waals surface area (Å²) in [4.78, 5) is 35.8. The van der Waals surface area contributed by atoms with Crippen molar-refractivity contribution in [2.24, 2.45) is 0 Å². The molecule has 3 N–H and O–H groups in total. The summed E-state index contributed by atoms with van der Waals surface area (Å²) in [6.07, 6.45) is -0.931. The fourth-order valence-electron chi connectivity index (χ4n) is 2.39. The maximum Gasteiger partial charge on any atom is 0.425 e. The van der Waals surface area contributed by atoms with Gasteiger partial charge in [0.2, 0.25) is 0 Å². The maximum absolute atomic E-state index is 12.0. The van der Waals surface area contributed by atoms with Crippen LogP contribution in [0.1, 0.15) is 12.8 Å². The third-order valence-electron chi connectivity index (χ3n) is 3.36. The Balaban J connectivity index is 2.09. The Labute approximate surface area is 125 Å². The van der Waals surface area contributed by atoms with E-state index in [9.17, 15) is 22.8 Å². The van der Waals surface area contributed by atoms with Gasteiger partial charge in [-0.2, -0.15) is 13.5 Å². The number of carbonyl (C=O) groups excluding carboxylic acids is 2. The van der Waals surface area contributed by atoms with Crippen molar-refractivity contribution >= 4 is 28.4 Å². The average molecular weight is 338 g/mol. The van der Waals surface area contributed by atoms with Crippen LogP contribution >= 0.6 is 0 Å². The summed E-state index contributed by atoms with van der Waals surface area (Å²) in [6, 6.07) is -2.46. The highest BCUT2D eigenvalue weighted by Gasteiger charge is 2.49. The quantitative estimate of drug-likeness (QED) is 0.420. The Kier molecular flexibility index (Phi) is 4.12. The van der Waals surface area contributed by atoms with Crippen LogP contribution in [0.5, 0.6) is 0 Å². The highest BCUT2D eigenvalue weighted by Crippen LogP contribution is 2.30. The van der Waals surface area contributed by atoms with Gasteiger partial charge in [-0.05, 0) is 12.8 Å². The number of hydrazine groups is 1. The second-order valence-corrected chi connectivity index (χ2v) is 5.83. The number of hydroxylamine groups is 2. The van der Waals surface area contributed by atoms with E-state index < -0.39 is 40.5 Å². The molecule has 2 rings (SSSR count). The minimum atomic E-state index is -4.86. The van der Waals surface area contributed by atoms with Crippen molar-refractivity contribution in [2.75, 3.05) is 13.6 Å². The standard InChI is InChI=1S/C9H14N4O8S/c1-11(9(16)17)10-7(14)6-3-2-5-4-12(6)8(15)13(5)21-22(18,19)20/h5-6H,2-4H2,1H3,(H,10,14)(H,16,17)(H,18,19,20). The van der Waals surface area contributed by atoms with E-state index in [1.807, 2.05) is 0 Å². The molecule has 0 aromatic carbocycles. The molecule has 0 aliphatic carbocycles. The molecule has 22 heavy (non-hydrogen) atoms. The van der Waals surface area contributed by atoms with E-state index in [4.69, 9.17) is 9.66 Å². The third-order valence-corrected chi connectivity index (χ3v) is 3.71. The van der Waals surface area contributed by atoms with Crippen LogP contribution in [0.2, 0.25) is 0 Å². The average Bonchev–Trinajstić information content (AvgIpc) is 2.62. The van der Waals surface area contributed by atoms with Gasteiger partial charge in [0, 0.05) is 13.6 Å². The van der Waals surface area contributed by atoms with Gasteiger partial charge >= 0.3 is 22.5 Å². The number of fused-ring (bicyclic) bond motifs is 2. The van der Waals surface area contributed by atoms with Gasteiger partial charge in [0.05, 0.1) is 6.04 Å². The minimum absolute atomic E-state index is 0.0310. The van der Waals surface area contributed by atoms with Crippen LogP contribution in [0, 0.1) is 0 Å². The van der Waals surface area contributed by atoms with E-state index in [-0.39, 0.29) is 19.4 Å². The zero-order valence-electron chi connectivity index (χ0n) is 11.4. The molecule has 124 valence electrons. The van der Waals surface area contributed by atoms with Crippen LogP contribution in [0.25, 0.3) is 0 Å². The molecule has 2 aliphatic heterocycles. The number of rotatable bonds is 3. The lowest BCUT2D eigenvalue weighted by Gasteiger charge is -2.30. The van der Waals surface area contributed by atoms with Crippen molar-refractivity contribution in [3.63, 3.8) is 0 Å². The Bertz CT molecular complexity index is 607. The number of nitrogens with one attached hydrogen (secondary N) is 1. The number of amides is 4. The molecule has 2 fully saturated rings. The fourth-order valence-corrected chi connectivity index (χ4v) is 2.78. The summed E-state index contributed by atoms with van der Waals surface area (Å²) in [7, 11) is -3.74. The molecule has 2 aliphatic rings. The molecule has 0 aromatic heterocycles. The van der Waals surface area contributed by atoms with E-state index in [2.05, 4.69) is 9.71 Å². The Hall–Kier alpha value is -2.12. The summed E-state index contributed by atoms with van der Waals surface area (Å²) in [5.74, 6) is -0.717. The molecular formula is C9H14N4O8S. The predicted molar refractivity (Wildman–Crippen MR) is 67.3 cm³/mol. The van der Waals surface area contributed by atoms with Crippen molar-refractivity contribution in [2.45, 2.75) is 24.9 Å². The molecule has 0 saturated carbocycles. The number of piperidine rings is 1. The second-order valence-electron chi connectivity index (χ2n) is 4.83. The first-order chi connectivity index (χ1) is 10.1. The number of urea groups is 1. The van der Waals surface area contributed by atoms with Crippen LogP contribution in [-0.2, 0) is 19.5 Å². The van der Waals surface area contributed by atoms with Gasteiger partial charge in [-0.25, -0.2) is 14.6 Å². The largest absolute Gasteiger partial charge is 0.464 e. The van der Waals surface area contributed by atoms with E-state index >= 15 is 0 Å². The zero-order chi connectivity index (χ0) is 16.7. The molecular weight excluding hydrogens is 324 g/mol. The van der Waals surface area contributed by atoms with Crippen LogP contribution in [-0.4, -0.2) is 76.8 Å². The van der Waals surface area contributed by atoms with Gasteiger partial charge in [-0.1, -0.05) is 0 Å². The second kappa shape index (κ2) is 5.58. The lowest BCUT2D eigenvalue weighted by Crippen LogP contribution is -2.54. The first-order valence-electron chi connectivity index (χ1n) is 6.14. The smallest absolute Gasteiger partial charge is 0.425 e. The van der Waals surface area contributed by atoms with Crippen molar-refractivity contribution < 1.29 is 36.7 Å². The summed E-state index contributed by atoms with van der Waals surface area (Å²) < 4.78 is 34.3. The molecule has 2 saturated heterocycles. The first kappa shape index (κ1) is 16.3. The summed E-state index contributed by atoms with van der Waals surface area (Å²) in [5.41, 5.74) is 2.09. The van der Waals surface area contributed by atoms with Crippen LogP contribution in [0.3, 0.4) is 0 Å². The van der Waals surface area contributed by atoms with Gasteiger partial charge in [0.1, 0.15) is 6.04 Å². The van der Waals surface area contributed by atoms with E-state index in [1.54, 1.807) is 0 Å². The lowest BCUT2D eigenvalue weighted by molar-refractivity contribution is -0.129. The van der Waals surface area contributed by atoms with Crippen LogP contribution in [0.4, 0.5) is 9.59 Å². The highest BCUT2D eigenvalue weighted by molar-refractivity contribution is 7.80. The monoisotopic (exact) mass is 338 g/mol. The van der Waals surface area contributed by atoms with Crippen molar-refractivity contribution in [1.29, 1.82) is 0 Å². The number of nitrogens with zero attached hydrogens (tertiary/aromatic N) is 3. The molecule has 2 atom stereocenters. The Morgan fingerprint density at radius 3 is 2.59 bits per heavy atom. The van der Waals surface area contributed by atoms with E-state index in [1.165, 1.54) is 0 Å². The fraction of sp³-hybridized carbons (Fsp3) is 0.667. The predicted octanol–water partition coefficient (Wildman–Crippen LogP) is -1.37. The molecule has 0 aromatic rings. The zero-order valence-corrected chi connectivity index (χ0v) is 12.2. The van der Waals surface area contributed by atoms with Crippen molar-refractivity contribution in [1.82, 2.24) is 20.4 Å². The number of carboxylic acid groups (broad SMARTS) is 1. The molecule has 2 bridgehead atoms. The summed E-state index contributed by atoms with van der Waals surface area (Å²) in [6.45, 7) is 0.0310. The maximum atomic E-state index is 12.0. The van der Waals surface area contributed by atoms with Gasteiger partial charge < -0.3 is 10.0 Å². The molecule has 13 heteroatoms. The first-order valence-corrected chi connectivity index (χ1v) is 7.50. The molecule has 2 heterocycles. The molecule has 4 amide bonds. The highest BCUT2D eigenvalue weighted by atomic mass is 32.3. The topological polar surface area (TPSA) is 157 Å². The normalized spacial score (nSPS) is 24.4. The molecule has 0 spiro atoms. The van der Waals surface area contributed by atoms with E-state index in [0.717, 1.165) is 11.9 Å². The molecule has 2 unspecified atom stereocenters. The number of carbonyl (C=O) groups is 3. The van der Waals surface area contributed by atoms with Crippen LogP contribution in [0.15, 0.2) is 0 Å². The van der Waals surface area contributed by atoms with E-state index in [0.29, 0.717) is 10.1 Å². The Morgan fingerprint density at radius 2 is 2.05 bits per heavy atom. The number of hydrogen-bond donors (Lipinski definition) is 3. The molecule has 0 radical (unpaired) electrons. The SMILES string of the molecule is CN(NC(=O)C1CCC2CN1C(=O)N2OS(=O)(=O)O)C(=O)O. The summed E-state index contributed by atoms with van der Waals surface area (Å²) >= 11 is 0. The number of hydrogen-bond acceptors (Lipinski definition) is 6. The molecule has 12 nitrogen and oxygen atoms in total. The lowest BCUT2D eigenvalue weighted by atomic mass is 10.0. The third kappa shape index (κ3) is 3.20. The minimum Gasteiger partial charge on any atom is -0.464 e. The van der Waals surface area contributed by atoms with Gasteiger partial charge in [-0.15, -0.1) is 4.28 Å². The van der Waals surface area contributed by atoms with Gasteiger partial charge in [0.25, 0.3) is 5.91 Å². The van der Waals surface area contributed by atoms with Crippen LogP contribution < -0.4 is 5.43 Å². The van der Waals surface area contributed by atoms with Gasteiger partial charge in [-0.3, -0.25) is 14.8 Å². The van der Waals surface area contributed by atoms with Gasteiger partial charge in [0.15, 0.2) is 0 Å². The Morgan fingerprint density at radius 1 is 1.41 bits per heavy atom. The van der Waals surface area contributed by atoms with Crippen molar-refractivity contribution in [3.8, 4) is 0 Å². The van der Waals surface area contributed by atoms with Crippen molar-refractivity contribution in [3.05, 3.63) is 0 Å². The summed E-state index contributed by atoms with van der Waals surface area (Å²) in [5, 5.41) is 9.74.